The van der Waals surface area contributed by atoms with Crippen LogP contribution < -0.4 is 5.73 Å². The van der Waals surface area contributed by atoms with Crippen LogP contribution in [0.15, 0.2) is 18.2 Å². The molecule has 2 aliphatic rings. The Morgan fingerprint density at radius 3 is 2.42 bits per heavy atom. The third kappa shape index (κ3) is 4.80. The van der Waals surface area contributed by atoms with Crippen molar-refractivity contribution in [3.8, 4) is 11.3 Å². The SMILES string of the molecule is Cc1nc(C)c(-c2ccc3c(c2)CC[C@]32CC[C@H](CC(=O)OC(C)(C)C)CC2)nc1C(N)=O. The lowest BCUT2D eigenvalue weighted by Gasteiger charge is -2.38. The van der Waals surface area contributed by atoms with E-state index in [1.165, 1.54) is 11.1 Å². The van der Waals surface area contributed by atoms with Crippen molar-refractivity contribution in [2.45, 2.75) is 90.6 Å². The van der Waals surface area contributed by atoms with Gasteiger partial charge in [-0.1, -0.05) is 12.1 Å². The van der Waals surface area contributed by atoms with E-state index in [1.54, 1.807) is 6.92 Å². The first kappa shape index (κ1) is 23.4. The summed E-state index contributed by atoms with van der Waals surface area (Å²) in [6.45, 7) is 9.44. The maximum absolute atomic E-state index is 12.3. The highest BCUT2D eigenvalue weighted by Gasteiger charge is 2.42. The maximum Gasteiger partial charge on any atom is 0.306 e. The van der Waals surface area contributed by atoms with Gasteiger partial charge in [0.05, 0.1) is 17.1 Å². The fourth-order valence-electron chi connectivity index (χ4n) is 5.68. The van der Waals surface area contributed by atoms with Crippen LogP contribution in [-0.2, 0) is 21.4 Å². The summed E-state index contributed by atoms with van der Waals surface area (Å²) < 4.78 is 5.53. The molecule has 4 rings (SSSR count). The minimum absolute atomic E-state index is 0.0789. The zero-order chi connectivity index (χ0) is 24.0. The Hall–Kier alpha value is -2.76. The van der Waals surface area contributed by atoms with Crippen molar-refractivity contribution in [3.63, 3.8) is 0 Å². The molecule has 1 aromatic carbocycles. The van der Waals surface area contributed by atoms with E-state index in [4.69, 9.17) is 10.5 Å². The van der Waals surface area contributed by atoms with E-state index in [2.05, 4.69) is 28.2 Å². The number of nitrogens with two attached hydrogens (primary N) is 1. The maximum atomic E-state index is 12.3. The minimum atomic E-state index is -0.551. The number of ether oxygens (including phenoxy) is 1. The largest absolute Gasteiger partial charge is 0.460 e. The summed E-state index contributed by atoms with van der Waals surface area (Å²) >= 11 is 0. The van der Waals surface area contributed by atoms with Crippen molar-refractivity contribution in [2.24, 2.45) is 11.7 Å². The molecule has 0 unspecified atom stereocenters. The van der Waals surface area contributed by atoms with Gasteiger partial charge in [-0.2, -0.15) is 0 Å². The van der Waals surface area contributed by atoms with E-state index >= 15 is 0 Å². The molecular weight excluding hydrogens is 414 g/mol. The molecular formula is C27H35N3O3. The number of aromatic nitrogens is 2. The Kier molecular flexibility index (Phi) is 6.06. The number of carbonyl (C=O) groups excluding carboxylic acids is 2. The molecule has 2 aromatic rings. The van der Waals surface area contributed by atoms with Crippen LogP contribution in [0.5, 0.6) is 0 Å². The van der Waals surface area contributed by atoms with Crippen LogP contribution >= 0.6 is 0 Å². The molecule has 1 aromatic heterocycles. The van der Waals surface area contributed by atoms with Gasteiger partial charge in [-0.05, 0) is 102 Å². The standard InChI is InChI=1S/C27H35N3O3/c1-16-23(30-24(25(28)32)17(2)29-16)20-6-7-21-19(15-20)10-13-27(21)11-8-18(9-12-27)14-22(31)33-26(3,4)5/h6-7,15,18H,8-14H2,1-5H3,(H2,28,32)/t18-,27+. The van der Waals surface area contributed by atoms with Gasteiger partial charge in [0.2, 0.25) is 0 Å². The van der Waals surface area contributed by atoms with Crippen molar-refractivity contribution >= 4 is 11.9 Å². The third-order valence-corrected chi connectivity index (χ3v) is 7.24. The van der Waals surface area contributed by atoms with Gasteiger partial charge >= 0.3 is 5.97 Å². The minimum Gasteiger partial charge on any atom is -0.460 e. The summed E-state index contributed by atoms with van der Waals surface area (Å²) in [6.07, 6.45) is 7.06. The Bertz CT molecular complexity index is 1090. The molecule has 1 fully saturated rings. The van der Waals surface area contributed by atoms with Gasteiger partial charge in [-0.3, -0.25) is 14.6 Å². The van der Waals surface area contributed by atoms with Gasteiger partial charge in [-0.25, -0.2) is 4.98 Å². The number of nitrogens with zero attached hydrogens (tertiary/aromatic N) is 2. The molecule has 0 bridgehead atoms. The van der Waals surface area contributed by atoms with Crippen LogP contribution in [0.4, 0.5) is 0 Å². The Labute approximate surface area is 196 Å². The highest BCUT2D eigenvalue weighted by molar-refractivity contribution is 5.92. The Morgan fingerprint density at radius 2 is 1.79 bits per heavy atom. The second kappa shape index (κ2) is 8.54. The predicted molar refractivity (Wildman–Crippen MR) is 128 cm³/mol. The summed E-state index contributed by atoms with van der Waals surface area (Å²) in [4.78, 5) is 33.1. The average molecular weight is 450 g/mol. The van der Waals surface area contributed by atoms with E-state index in [9.17, 15) is 9.59 Å². The second-order valence-corrected chi connectivity index (χ2v) is 10.8. The number of aryl methyl sites for hydroxylation is 3. The normalized spacial score (nSPS) is 22.3. The molecule has 0 aliphatic heterocycles. The van der Waals surface area contributed by atoms with Crippen LogP contribution in [0.2, 0.25) is 0 Å². The molecule has 2 aliphatic carbocycles. The third-order valence-electron chi connectivity index (χ3n) is 7.24. The monoisotopic (exact) mass is 449 g/mol. The molecule has 176 valence electrons. The highest BCUT2D eigenvalue weighted by atomic mass is 16.6. The number of esters is 1. The summed E-state index contributed by atoms with van der Waals surface area (Å²) in [5.41, 5.74) is 11.4. The van der Waals surface area contributed by atoms with Gasteiger partial charge in [0.15, 0.2) is 0 Å². The smallest absolute Gasteiger partial charge is 0.306 e. The fraction of sp³-hybridized carbons (Fsp3) is 0.556. The molecule has 33 heavy (non-hydrogen) atoms. The number of primary amides is 1. The van der Waals surface area contributed by atoms with Crippen molar-refractivity contribution < 1.29 is 14.3 Å². The van der Waals surface area contributed by atoms with Gasteiger partial charge in [0.25, 0.3) is 5.91 Å². The topological polar surface area (TPSA) is 95.2 Å². The first-order valence-electron chi connectivity index (χ1n) is 12.0. The highest BCUT2D eigenvalue weighted by Crippen LogP contribution is 2.51. The molecule has 1 saturated carbocycles. The summed E-state index contributed by atoms with van der Waals surface area (Å²) in [7, 11) is 0. The number of hydrogen-bond donors (Lipinski definition) is 1. The van der Waals surface area contributed by atoms with Crippen molar-refractivity contribution in [1.29, 1.82) is 0 Å². The summed E-state index contributed by atoms with van der Waals surface area (Å²) in [5.74, 6) is -0.221. The molecule has 1 spiro atoms. The predicted octanol–water partition coefficient (Wildman–Crippen LogP) is 4.97. The van der Waals surface area contributed by atoms with Crippen molar-refractivity contribution in [3.05, 3.63) is 46.4 Å². The number of rotatable bonds is 4. The average Bonchev–Trinajstić information content (AvgIpc) is 3.06. The zero-order valence-electron chi connectivity index (χ0n) is 20.5. The molecule has 6 heteroatoms. The zero-order valence-corrected chi connectivity index (χ0v) is 20.5. The fourth-order valence-corrected chi connectivity index (χ4v) is 5.68. The number of amides is 1. The number of benzene rings is 1. The molecule has 1 heterocycles. The lowest BCUT2D eigenvalue weighted by Crippen LogP contribution is -2.31. The van der Waals surface area contributed by atoms with Gasteiger partial charge in [0.1, 0.15) is 11.3 Å². The van der Waals surface area contributed by atoms with Crippen LogP contribution in [0.25, 0.3) is 11.3 Å². The van der Waals surface area contributed by atoms with Gasteiger partial charge in [0, 0.05) is 12.0 Å². The molecule has 0 radical (unpaired) electrons. The number of hydrogen-bond acceptors (Lipinski definition) is 5. The van der Waals surface area contributed by atoms with E-state index in [0.29, 0.717) is 18.0 Å². The van der Waals surface area contributed by atoms with Crippen molar-refractivity contribution in [2.75, 3.05) is 0 Å². The Morgan fingerprint density at radius 1 is 1.09 bits per heavy atom. The first-order chi connectivity index (χ1) is 15.5. The molecule has 1 amide bonds. The van der Waals surface area contributed by atoms with Gasteiger partial charge < -0.3 is 10.5 Å². The summed E-state index contributed by atoms with van der Waals surface area (Å²) in [6, 6.07) is 6.57. The lowest BCUT2D eigenvalue weighted by atomic mass is 9.66. The van der Waals surface area contributed by atoms with Crippen LogP contribution in [0, 0.1) is 19.8 Å². The Balaban J connectivity index is 1.51. The summed E-state index contributed by atoms with van der Waals surface area (Å²) in [5, 5.41) is 0. The molecule has 0 atom stereocenters. The quantitative estimate of drug-likeness (QED) is 0.665. The van der Waals surface area contributed by atoms with Crippen LogP contribution in [-0.4, -0.2) is 27.4 Å². The molecule has 0 saturated heterocycles. The van der Waals surface area contributed by atoms with Crippen LogP contribution in [0.1, 0.15) is 92.3 Å². The van der Waals surface area contributed by atoms with Gasteiger partial charge in [-0.15, -0.1) is 0 Å². The van der Waals surface area contributed by atoms with E-state index in [-0.39, 0.29) is 17.1 Å². The van der Waals surface area contributed by atoms with E-state index in [1.807, 2.05) is 27.7 Å². The van der Waals surface area contributed by atoms with E-state index < -0.39 is 11.5 Å². The molecule has 6 nitrogen and oxygen atoms in total. The lowest BCUT2D eigenvalue weighted by molar-refractivity contribution is -0.156. The van der Waals surface area contributed by atoms with Crippen LogP contribution in [0.3, 0.4) is 0 Å². The molecule has 2 N–H and O–H groups in total. The first-order valence-corrected chi connectivity index (χ1v) is 12.0. The number of carbonyl (C=O) groups is 2. The second-order valence-electron chi connectivity index (χ2n) is 10.8. The number of fused-ring (bicyclic) bond motifs is 2. The van der Waals surface area contributed by atoms with Crippen molar-refractivity contribution in [1.82, 2.24) is 9.97 Å². The van der Waals surface area contributed by atoms with E-state index in [0.717, 1.165) is 55.5 Å².